The quantitative estimate of drug-likeness (QED) is 0.188. The Morgan fingerprint density at radius 1 is 0.600 bits per heavy atom. The van der Waals surface area contributed by atoms with Gasteiger partial charge in [0.2, 0.25) is 11.8 Å². The Hall–Kier alpha value is -6.20. The molecule has 0 aliphatic carbocycles. The van der Waals surface area contributed by atoms with Crippen LogP contribution in [0, 0.1) is 0 Å². The lowest BCUT2D eigenvalue weighted by Crippen LogP contribution is -2.23. The monoisotopic (exact) mass is 992 g/mol. The lowest BCUT2D eigenvalue weighted by molar-refractivity contribution is -0.0436. The molecular formula is C36H30F6N8O11S4. The van der Waals surface area contributed by atoms with Crippen molar-refractivity contribution in [1.29, 1.82) is 0 Å². The summed E-state index contributed by atoms with van der Waals surface area (Å²) in [5.74, 6) is -1.22. The molecule has 0 radical (unpaired) electrons. The molecule has 65 heavy (non-hydrogen) atoms. The van der Waals surface area contributed by atoms with Crippen molar-refractivity contribution in [2.75, 3.05) is 11.5 Å². The summed E-state index contributed by atoms with van der Waals surface area (Å²) in [6.45, 7) is 2.83. The van der Waals surface area contributed by atoms with E-state index in [0.29, 0.717) is 12.1 Å². The molecule has 0 saturated heterocycles. The third kappa shape index (κ3) is 7.91. The molecule has 0 amide bonds. The van der Waals surface area contributed by atoms with Crippen LogP contribution in [0.25, 0.3) is 67.7 Å². The number of fused-ring (bicyclic) bond motifs is 4. The number of oxazole rings is 2. The van der Waals surface area contributed by atoms with Crippen LogP contribution in [0.15, 0.2) is 86.5 Å². The first-order chi connectivity index (χ1) is 30.0. The lowest BCUT2D eigenvalue weighted by atomic mass is 10.3. The van der Waals surface area contributed by atoms with Crippen LogP contribution >= 0.6 is 0 Å². The molecule has 8 aromatic rings. The van der Waals surface area contributed by atoms with Gasteiger partial charge in [0, 0.05) is 28.2 Å². The number of sulfone groups is 3. The third-order valence-corrected chi connectivity index (χ3v) is 16.1. The van der Waals surface area contributed by atoms with Crippen molar-refractivity contribution in [3.8, 4) is 23.2 Å². The standard InChI is InChI=1S/C18H15F3N4O6S2.C18H15F3N4O5S2/c1-4-32(27,28)13-8-11-15(25(3)17(26)24(11)2)23-14(13)16-22-10-7-9(5-6-12(10)31-16)33(29,30)18(19,20)21;1-4-32(28,29)13-8-11-15(25(3)17(26)24(11)2)23-14(13)16-22-10-7-9(5-6-12(10)30-16)31(27)18(19,20)21/h5-8H,4H2,1-3H3;5-8H,4H2,1-3H3. The van der Waals surface area contributed by atoms with Crippen molar-refractivity contribution in [2.45, 2.75) is 44.4 Å². The minimum atomic E-state index is -5.63. The van der Waals surface area contributed by atoms with E-state index in [1.165, 1.54) is 72.4 Å². The minimum Gasteiger partial charge on any atom is -0.435 e. The van der Waals surface area contributed by atoms with Gasteiger partial charge in [0.05, 0.1) is 32.3 Å². The minimum absolute atomic E-state index is 0.0478. The summed E-state index contributed by atoms with van der Waals surface area (Å²) in [6, 6.07) is 8.00. The largest absolute Gasteiger partial charge is 0.501 e. The number of alkyl halides is 6. The number of halogens is 6. The van der Waals surface area contributed by atoms with Gasteiger partial charge in [-0.3, -0.25) is 18.3 Å². The Labute approximate surface area is 363 Å². The van der Waals surface area contributed by atoms with Crippen LogP contribution in [-0.4, -0.2) is 90.2 Å². The van der Waals surface area contributed by atoms with Gasteiger partial charge >= 0.3 is 22.4 Å². The first-order valence-electron chi connectivity index (χ1n) is 18.2. The first-order valence-corrected chi connectivity index (χ1v) is 24.2. The number of rotatable bonds is 8. The first kappa shape index (κ1) is 46.8. The number of hydrogen-bond donors (Lipinski definition) is 0. The maximum Gasteiger partial charge on any atom is 0.501 e. The summed E-state index contributed by atoms with van der Waals surface area (Å²) in [5, 5.41) is 0. The molecule has 0 N–H and O–H groups in total. The fourth-order valence-corrected chi connectivity index (χ4v) is 9.95. The van der Waals surface area contributed by atoms with Gasteiger partial charge in [-0.05, 0) is 48.5 Å². The molecule has 346 valence electrons. The zero-order chi connectivity index (χ0) is 48.1. The van der Waals surface area contributed by atoms with Crippen LogP contribution in [0.4, 0.5) is 26.3 Å². The van der Waals surface area contributed by atoms with Gasteiger partial charge in [-0.15, -0.1) is 0 Å². The van der Waals surface area contributed by atoms with Crippen molar-refractivity contribution in [2.24, 2.45) is 28.2 Å². The SMILES string of the molecule is CCS(=O)(=O)c1cc2c(nc1-c1nc3cc(S(=O)(=O)C(F)(F)F)ccc3o1)n(C)c(=O)n2C.CCS(=O)(=O)c1cc2c(nc1-c1nc3cc(S(=O)C(F)(F)F)ccc3o1)n(C)c(=O)n2C. The topological polar surface area (TPSA) is 251 Å². The number of benzene rings is 2. The highest BCUT2D eigenvalue weighted by atomic mass is 32.2. The van der Waals surface area contributed by atoms with E-state index in [2.05, 4.69) is 19.9 Å². The zero-order valence-electron chi connectivity index (χ0n) is 34.0. The van der Waals surface area contributed by atoms with Gasteiger partial charge in [-0.25, -0.2) is 59.0 Å². The molecular weight excluding hydrogens is 963 g/mol. The van der Waals surface area contributed by atoms with Crippen LogP contribution in [0.1, 0.15) is 13.8 Å². The van der Waals surface area contributed by atoms with E-state index in [4.69, 9.17) is 8.83 Å². The van der Waals surface area contributed by atoms with Gasteiger partial charge < -0.3 is 8.83 Å². The van der Waals surface area contributed by atoms with E-state index >= 15 is 0 Å². The molecule has 6 aromatic heterocycles. The average Bonchev–Trinajstić information content (AvgIpc) is 3.99. The lowest BCUT2D eigenvalue weighted by Gasteiger charge is -2.07. The zero-order valence-corrected chi connectivity index (χ0v) is 37.3. The number of aromatic nitrogens is 8. The molecule has 0 fully saturated rings. The summed E-state index contributed by atoms with van der Waals surface area (Å²) in [6.07, 6.45) is 0. The summed E-state index contributed by atoms with van der Waals surface area (Å²) < 4.78 is 179. The molecule has 2 aromatic carbocycles. The predicted molar refractivity (Wildman–Crippen MR) is 219 cm³/mol. The Kier molecular flexibility index (Phi) is 11.3. The normalized spacial score (nSPS) is 13.5. The Morgan fingerprint density at radius 2 is 1.02 bits per heavy atom. The van der Waals surface area contributed by atoms with Crippen LogP contribution in [0.2, 0.25) is 0 Å². The van der Waals surface area contributed by atoms with Crippen molar-refractivity contribution in [3.05, 3.63) is 69.5 Å². The fourth-order valence-electron chi connectivity index (χ4n) is 6.43. The van der Waals surface area contributed by atoms with Gasteiger partial charge in [-0.1, -0.05) is 13.8 Å². The van der Waals surface area contributed by atoms with Crippen LogP contribution < -0.4 is 11.4 Å². The molecule has 0 aliphatic heterocycles. The summed E-state index contributed by atoms with van der Waals surface area (Å²) in [7, 11) is -10.9. The Morgan fingerprint density at radius 3 is 1.42 bits per heavy atom. The number of aryl methyl sites for hydroxylation is 4. The average molecular weight is 993 g/mol. The van der Waals surface area contributed by atoms with Crippen LogP contribution in [-0.2, 0) is 68.5 Å². The number of pyridine rings is 2. The third-order valence-electron chi connectivity index (χ3n) is 9.99. The molecule has 0 aliphatic rings. The van der Waals surface area contributed by atoms with E-state index in [1.54, 1.807) is 0 Å². The van der Waals surface area contributed by atoms with E-state index in [9.17, 15) is 65.4 Å². The molecule has 19 nitrogen and oxygen atoms in total. The van der Waals surface area contributed by atoms with Crippen LogP contribution in [0.3, 0.4) is 0 Å². The maximum atomic E-state index is 12.9. The Bertz CT molecular complexity index is 3790. The van der Waals surface area contributed by atoms with E-state index in [-0.39, 0.29) is 89.0 Å². The van der Waals surface area contributed by atoms with Gasteiger partial charge in [-0.2, -0.15) is 26.3 Å². The van der Waals surface area contributed by atoms with Crippen molar-refractivity contribution >= 4 is 84.8 Å². The maximum absolute atomic E-state index is 12.9. The van der Waals surface area contributed by atoms with Crippen molar-refractivity contribution in [3.63, 3.8) is 0 Å². The van der Waals surface area contributed by atoms with E-state index < -0.39 is 72.5 Å². The Balaban J connectivity index is 0.000000194. The number of hydrogen-bond acceptors (Lipinski definition) is 15. The molecule has 0 saturated carbocycles. The smallest absolute Gasteiger partial charge is 0.435 e. The predicted octanol–water partition coefficient (Wildman–Crippen LogP) is 4.67. The molecule has 29 heteroatoms. The fraction of sp³-hybridized carbons (Fsp3) is 0.278. The van der Waals surface area contributed by atoms with Gasteiger partial charge in [0.1, 0.15) is 32.2 Å². The number of imidazole rings is 2. The second-order valence-electron chi connectivity index (χ2n) is 13.9. The molecule has 1 unspecified atom stereocenters. The highest BCUT2D eigenvalue weighted by Gasteiger charge is 2.47. The molecule has 6 heterocycles. The highest BCUT2D eigenvalue weighted by molar-refractivity contribution is 7.92. The van der Waals surface area contributed by atoms with Crippen molar-refractivity contribution in [1.82, 2.24) is 38.2 Å². The summed E-state index contributed by atoms with van der Waals surface area (Å²) in [5.41, 5.74) is -11.4. The van der Waals surface area contributed by atoms with Gasteiger partial charge in [0.25, 0.3) is 9.84 Å². The highest BCUT2D eigenvalue weighted by Crippen LogP contribution is 2.36. The molecule has 1 atom stereocenters. The molecule has 0 bridgehead atoms. The number of nitrogens with zero attached hydrogens (tertiary/aromatic N) is 8. The second kappa shape index (κ2) is 15.8. The summed E-state index contributed by atoms with van der Waals surface area (Å²) in [4.78, 5) is 39.1. The molecule has 8 rings (SSSR count). The van der Waals surface area contributed by atoms with Gasteiger partial charge in [0.15, 0.2) is 52.9 Å². The van der Waals surface area contributed by atoms with Crippen molar-refractivity contribution < 1.29 is 64.6 Å². The van der Waals surface area contributed by atoms with E-state index in [0.717, 1.165) is 24.3 Å². The van der Waals surface area contributed by atoms with E-state index in [1.807, 2.05) is 0 Å². The summed E-state index contributed by atoms with van der Waals surface area (Å²) >= 11 is 0. The van der Waals surface area contributed by atoms with Crippen LogP contribution in [0.5, 0.6) is 0 Å². The molecule has 0 spiro atoms. The second-order valence-corrected chi connectivity index (χ2v) is 21.8.